The lowest BCUT2D eigenvalue weighted by Gasteiger charge is -2.38. The predicted molar refractivity (Wildman–Crippen MR) is 133 cm³/mol. The molecule has 1 saturated heterocycles. The number of hydrogen-bond donors (Lipinski definition) is 0. The summed E-state index contributed by atoms with van der Waals surface area (Å²) in [4.78, 5) is 31.9. The van der Waals surface area contributed by atoms with E-state index >= 15 is 0 Å². The second-order valence-corrected chi connectivity index (χ2v) is 10.5. The monoisotopic (exact) mass is 455 g/mol. The van der Waals surface area contributed by atoms with Gasteiger partial charge in [0.05, 0.1) is 7.11 Å². The molecule has 6 heteroatoms. The van der Waals surface area contributed by atoms with Crippen LogP contribution in [0.15, 0.2) is 30.3 Å². The number of carbonyl (C=O) groups excluding carboxylic acids is 2. The summed E-state index contributed by atoms with van der Waals surface area (Å²) in [7, 11) is 1.67. The van der Waals surface area contributed by atoms with E-state index in [4.69, 9.17) is 4.74 Å². The summed E-state index contributed by atoms with van der Waals surface area (Å²) in [5.41, 5.74) is 0.963. The minimum Gasteiger partial charge on any atom is -0.496 e. The molecule has 2 amide bonds. The van der Waals surface area contributed by atoms with Gasteiger partial charge in [0, 0.05) is 63.7 Å². The van der Waals surface area contributed by atoms with E-state index in [9.17, 15) is 9.59 Å². The van der Waals surface area contributed by atoms with Crippen molar-refractivity contribution in [3.63, 3.8) is 0 Å². The molecular weight excluding hydrogens is 414 g/mol. The van der Waals surface area contributed by atoms with Crippen LogP contribution in [-0.2, 0) is 9.59 Å². The smallest absolute Gasteiger partial charge is 0.225 e. The Balaban J connectivity index is 1.54. The molecule has 0 atom stereocenters. The van der Waals surface area contributed by atoms with Crippen LogP contribution in [0.1, 0.15) is 52.0 Å². The average molecular weight is 456 g/mol. The molecule has 0 N–H and O–H groups in total. The van der Waals surface area contributed by atoms with Crippen molar-refractivity contribution in [1.29, 1.82) is 0 Å². The maximum Gasteiger partial charge on any atom is 0.225 e. The van der Waals surface area contributed by atoms with Gasteiger partial charge in [-0.3, -0.25) is 14.5 Å². The molecule has 0 bridgehead atoms. The van der Waals surface area contributed by atoms with Crippen LogP contribution in [0.4, 0.5) is 0 Å². The minimum absolute atomic E-state index is 0.0464. The van der Waals surface area contributed by atoms with Gasteiger partial charge in [-0.2, -0.15) is 0 Å². The van der Waals surface area contributed by atoms with E-state index in [1.54, 1.807) is 7.11 Å². The van der Waals surface area contributed by atoms with Gasteiger partial charge in [-0.15, -0.1) is 0 Å². The van der Waals surface area contributed by atoms with Gasteiger partial charge in [0.2, 0.25) is 11.8 Å². The molecule has 2 fully saturated rings. The molecule has 1 aliphatic heterocycles. The average Bonchev–Trinajstić information content (AvgIpc) is 2.74. The van der Waals surface area contributed by atoms with E-state index in [1.165, 1.54) is 6.42 Å². The first-order valence-electron chi connectivity index (χ1n) is 12.4. The van der Waals surface area contributed by atoms with Crippen molar-refractivity contribution in [1.82, 2.24) is 14.7 Å². The highest BCUT2D eigenvalue weighted by molar-refractivity contribution is 5.79. The van der Waals surface area contributed by atoms with E-state index in [2.05, 4.69) is 25.7 Å². The van der Waals surface area contributed by atoms with Gasteiger partial charge in [-0.1, -0.05) is 57.5 Å². The summed E-state index contributed by atoms with van der Waals surface area (Å²) in [5.74, 6) is 1.64. The Morgan fingerprint density at radius 2 is 1.82 bits per heavy atom. The fourth-order valence-corrected chi connectivity index (χ4v) is 4.36. The SMILES string of the molecule is COc1ccccc1/C=C/CN(CCN1CCN(C(=O)C2CCC2)CC1)C(=O)CC(C)(C)C. The fraction of sp³-hybridized carbons (Fsp3) is 0.630. The van der Waals surface area contributed by atoms with Gasteiger partial charge in [-0.05, 0) is 24.3 Å². The Morgan fingerprint density at radius 1 is 1.12 bits per heavy atom. The van der Waals surface area contributed by atoms with Gasteiger partial charge in [0.15, 0.2) is 0 Å². The molecule has 6 nitrogen and oxygen atoms in total. The number of hydrogen-bond acceptors (Lipinski definition) is 4. The fourth-order valence-electron chi connectivity index (χ4n) is 4.36. The first-order chi connectivity index (χ1) is 15.8. The number of nitrogens with zero attached hydrogens (tertiary/aromatic N) is 3. The van der Waals surface area contributed by atoms with Gasteiger partial charge in [0.25, 0.3) is 0 Å². The van der Waals surface area contributed by atoms with Gasteiger partial charge >= 0.3 is 0 Å². The van der Waals surface area contributed by atoms with E-state index in [-0.39, 0.29) is 17.2 Å². The van der Waals surface area contributed by atoms with E-state index in [0.29, 0.717) is 25.4 Å². The molecule has 1 heterocycles. The van der Waals surface area contributed by atoms with Crippen LogP contribution in [0.2, 0.25) is 0 Å². The van der Waals surface area contributed by atoms with Crippen molar-refractivity contribution in [2.75, 3.05) is 52.9 Å². The molecule has 1 aliphatic carbocycles. The third-order valence-electron chi connectivity index (χ3n) is 6.62. The molecule has 3 rings (SSSR count). The topological polar surface area (TPSA) is 53.1 Å². The van der Waals surface area contributed by atoms with E-state index in [0.717, 1.165) is 56.9 Å². The first kappa shape index (κ1) is 25.3. The lowest BCUT2D eigenvalue weighted by Crippen LogP contribution is -2.52. The van der Waals surface area contributed by atoms with Crippen molar-refractivity contribution < 1.29 is 14.3 Å². The predicted octanol–water partition coefficient (Wildman–Crippen LogP) is 3.92. The van der Waals surface area contributed by atoms with Crippen molar-refractivity contribution in [3.8, 4) is 5.75 Å². The van der Waals surface area contributed by atoms with Crippen LogP contribution >= 0.6 is 0 Å². The molecular formula is C27H41N3O3. The molecule has 1 saturated carbocycles. The summed E-state index contributed by atoms with van der Waals surface area (Å²) in [6, 6.07) is 7.90. The highest BCUT2D eigenvalue weighted by Gasteiger charge is 2.31. The van der Waals surface area contributed by atoms with Crippen LogP contribution in [-0.4, -0.2) is 79.4 Å². The third-order valence-corrected chi connectivity index (χ3v) is 6.62. The lowest BCUT2D eigenvalue weighted by molar-refractivity contribution is -0.139. The third kappa shape index (κ3) is 7.60. The number of para-hydroxylation sites is 1. The summed E-state index contributed by atoms with van der Waals surface area (Å²) in [6.45, 7) is 11.8. The summed E-state index contributed by atoms with van der Waals surface area (Å²) in [5, 5.41) is 0. The van der Waals surface area contributed by atoms with Crippen molar-refractivity contribution in [2.45, 2.75) is 46.5 Å². The number of benzene rings is 1. The first-order valence-corrected chi connectivity index (χ1v) is 12.4. The number of methoxy groups -OCH3 is 1. The van der Waals surface area contributed by atoms with Crippen LogP contribution in [0, 0.1) is 11.3 Å². The summed E-state index contributed by atoms with van der Waals surface area (Å²) >= 11 is 0. The van der Waals surface area contributed by atoms with Crippen LogP contribution in [0.25, 0.3) is 6.08 Å². The highest BCUT2D eigenvalue weighted by atomic mass is 16.5. The van der Waals surface area contributed by atoms with Crippen LogP contribution < -0.4 is 4.74 Å². The normalized spacial score (nSPS) is 17.8. The van der Waals surface area contributed by atoms with E-state index in [1.807, 2.05) is 46.2 Å². The Hall–Kier alpha value is -2.34. The van der Waals surface area contributed by atoms with Gasteiger partial charge < -0.3 is 14.5 Å². The van der Waals surface area contributed by atoms with Crippen molar-refractivity contribution in [2.24, 2.45) is 11.3 Å². The lowest BCUT2D eigenvalue weighted by atomic mass is 9.84. The molecule has 1 aromatic rings. The number of piperazine rings is 1. The Bertz CT molecular complexity index is 818. The van der Waals surface area contributed by atoms with Crippen LogP contribution in [0.3, 0.4) is 0 Å². The zero-order valence-electron chi connectivity index (χ0n) is 20.9. The number of ether oxygens (including phenoxy) is 1. The quantitative estimate of drug-likeness (QED) is 0.566. The Morgan fingerprint density at radius 3 is 2.42 bits per heavy atom. The number of rotatable bonds is 9. The van der Waals surface area contributed by atoms with Gasteiger partial charge in [0.1, 0.15) is 5.75 Å². The van der Waals surface area contributed by atoms with Crippen molar-refractivity contribution in [3.05, 3.63) is 35.9 Å². The molecule has 0 unspecified atom stereocenters. The second kappa shape index (κ2) is 11.7. The van der Waals surface area contributed by atoms with E-state index < -0.39 is 0 Å². The maximum atomic E-state index is 13.0. The second-order valence-electron chi connectivity index (χ2n) is 10.5. The maximum absolute atomic E-state index is 13.0. The molecule has 182 valence electrons. The number of carbonyl (C=O) groups is 2. The summed E-state index contributed by atoms with van der Waals surface area (Å²) < 4.78 is 5.43. The molecule has 0 spiro atoms. The van der Waals surface area contributed by atoms with Crippen molar-refractivity contribution >= 4 is 17.9 Å². The highest BCUT2D eigenvalue weighted by Crippen LogP contribution is 2.28. The Labute approximate surface area is 199 Å². The molecule has 0 aromatic heterocycles. The largest absolute Gasteiger partial charge is 0.496 e. The zero-order valence-corrected chi connectivity index (χ0v) is 20.9. The summed E-state index contributed by atoms with van der Waals surface area (Å²) in [6.07, 6.45) is 7.92. The molecule has 1 aromatic carbocycles. The zero-order chi connectivity index (χ0) is 23.8. The van der Waals surface area contributed by atoms with Crippen LogP contribution in [0.5, 0.6) is 5.75 Å². The Kier molecular flexibility index (Phi) is 8.95. The molecule has 2 aliphatic rings. The molecule has 33 heavy (non-hydrogen) atoms. The molecule has 0 radical (unpaired) electrons. The minimum atomic E-state index is -0.0464. The standard InChI is InChI=1S/C27H41N3O3/c1-27(2,3)21-25(31)29(14-8-12-22-9-5-6-13-24(22)33-4)18-15-28-16-19-30(20-17-28)26(32)23-10-7-11-23/h5-6,8-9,12-13,23H,7,10-11,14-21H2,1-4H3/b12-8+. The van der Waals surface area contributed by atoms with Gasteiger partial charge in [-0.25, -0.2) is 0 Å². The number of amides is 2.